The van der Waals surface area contributed by atoms with Crippen molar-refractivity contribution in [2.24, 2.45) is 0 Å². The molecule has 0 unspecified atom stereocenters. The maximum absolute atomic E-state index is 11.6. The number of ether oxygens (including phenoxy) is 2. The van der Waals surface area contributed by atoms with E-state index in [4.69, 9.17) is 32.7 Å². The van der Waals surface area contributed by atoms with Gasteiger partial charge >= 0.3 is 5.97 Å². The van der Waals surface area contributed by atoms with Crippen molar-refractivity contribution < 1.29 is 14.3 Å². The van der Waals surface area contributed by atoms with Crippen LogP contribution >= 0.6 is 23.2 Å². The Morgan fingerprint density at radius 2 is 1.72 bits per heavy atom. The molecule has 5 heteroatoms. The van der Waals surface area contributed by atoms with Crippen LogP contribution in [0.1, 0.15) is 10.4 Å². The predicted octanol–water partition coefficient (Wildman–Crippen LogP) is 3.90. The van der Waals surface area contributed by atoms with Crippen LogP contribution < -0.4 is 4.74 Å². The highest BCUT2D eigenvalue weighted by Gasteiger charge is 2.14. The van der Waals surface area contributed by atoms with Gasteiger partial charge in [-0.25, -0.2) is 4.79 Å². The van der Waals surface area contributed by atoms with Gasteiger partial charge in [0.05, 0.1) is 15.6 Å². The van der Waals surface area contributed by atoms with Gasteiger partial charge in [-0.2, -0.15) is 0 Å². The first-order valence-electron chi connectivity index (χ1n) is 5.11. The van der Waals surface area contributed by atoms with E-state index < -0.39 is 5.97 Å². The summed E-state index contributed by atoms with van der Waals surface area (Å²) in [6.45, 7) is 7.38. The Hall–Kier alpha value is -1.45. The second kappa shape index (κ2) is 7.09. The molecule has 0 saturated heterocycles. The van der Waals surface area contributed by atoms with Crippen molar-refractivity contribution in [1.82, 2.24) is 0 Å². The highest BCUT2D eigenvalue weighted by molar-refractivity contribution is 6.37. The van der Waals surface area contributed by atoms with Crippen LogP contribution in [0.5, 0.6) is 5.75 Å². The van der Waals surface area contributed by atoms with E-state index in [1.807, 2.05) is 0 Å². The topological polar surface area (TPSA) is 35.5 Å². The zero-order valence-electron chi connectivity index (χ0n) is 9.62. The number of carbonyl (C=O) groups excluding carboxylic acids is 1. The molecular weight excluding hydrogens is 275 g/mol. The van der Waals surface area contributed by atoms with Gasteiger partial charge in [-0.05, 0) is 12.1 Å². The summed E-state index contributed by atoms with van der Waals surface area (Å²) in [5, 5.41) is 0.491. The molecule has 0 amide bonds. The maximum Gasteiger partial charge on any atom is 0.338 e. The van der Waals surface area contributed by atoms with Gasteiger partial charge in [0.2, 0.25) is 0 Å². The summed E-state index contributed by atoms with van der Waals surface area (Å²) >= 11 is 12.0. The molecule has 0 bridgehead atoms. The van der Waals surface area contributed by atoms with Crippen LogP contribution in [-0.4, -0.2) is 19.2 Å². The summed E-state index contributed by atoms with van der Waals surface area (Å²) in [6, 6.07) is 2.88. The highest BCUT2D eigenvalue weighted by Crippen LogP contribution is 2.34. The first-order valence-corrected chi connectivity index (χ1v) is 5.86. The highest BCUT2D eigenvalue weighted by atomic mass is 35.5. The number of hydrogen-bond donors (Lipinski definition) is 0. The fraction of sp³-hybridized carbons (Fsp3) is 0.154. The summed E-state index contributed by atoms with van der Waals surface area (Å²) in [7, 11) is 0. The molecule has 0 fully saturated rings. The molecule has 0 radical (unpaired) electrons. The van der Waals surface area contributed by atoms with Crippen LogP contribution in [0.15, 0.2) is 37.4 Å². The molecule has 0 heterocycles. The number of hydrogen-bond acceptors (Lipinski definition) is 3. The van der Waals surface area contributed by atoms with Gasteiger partial charge in [0.15, 0.2) is 5.75 Å². The minimum atomic E-state index is -0.519. The molecule has 3 nitrogen and oxygen atoms in total. The summed E-state index contributed by atoms with van der Waals surface area (Å²) < 4.78 is 10.2. The normalized spacial score (nSPS) is 9.67. The number of carbonyl (C=O) groups is 1. The molecular formula is C13H12Cl2O3. The van der Waals surface area contributed by atoms with Crippen molar-refractivity contribution in [2.75, 3.05) is 13.2 Å². The van der Waals surface area contributed by atoms with Gasteiger partial charge in [0, 0.05) is 0 Å². The molecule has 18 heavy (non-hydrogen) atoms. The molecule has 0 aromatic heterocycles. The SMILES string of the molecule is C=CCOC(=O)c1cc(Cl)c(OCC=C)c(Cl)c1. The van der Waals surface area contributed by atoms with E-state index in [9.17, 15) is 4.79 Å². The second-order valence-electron chi connectivity index (χ2n) is 3.26. The van der Waals surface area contributed by atoms with Gasteiger partial charge in [0.25, 0.3) is 0 Å². The molecule has 0 aliphatic rings. The molecule has 1 aromatic rings. The van der Waals surface area contributed by atoms with Gasteiger partial charge < -0.3 is 9.47 Å². The molecule has 96 valence electrons. The summed E-state index contributed by atoms with van der Waals surface area (Å²) in [4.78, 5) is 11.6. The smallest absolute Gasteiger partial charge is 0.338 e. The number of benzene rings is 1. The van der Waals surface area contributed by atoms with E-state index in [1.165, 1.54) is 18.2 Å². The lowest BCUT2D eigenvalue weighted by Crippen LogP contribution is -2.05. The predicted molar refractivity (Wildman–Crippen MR) is 72.6 cm³/mol. The largest absolute Gasteiger partial charge is 0.486 e. The van der Waals surface area contributed by atoms with Crippen LogP contribution in [0.2, 0.25) is 10.0 Å². The van der Waals surface area contributed by atoms with E-state index in [-0.39, 0.29) is 28.8 Å². The molecule has 1 rings (SSSR count). The first-order chi connectivity index (χ1) is 8.60. The molecule has 0 saturated carbocycles. The Labute approximate surface area is 116 Å². The zero-order valence-corrected chi connectivity index (χ0v) is 11.1. The third-order valence-electron chi connectivity index (χ3n) is 1.91. The minimum Gasteiger partial charge on any atom is -0.486 e. The molecule has 1 aromatic carbocycles. The molecule has 0 atom stereocenters. The van der Waals surface area contributed by atoms with E-state index in [0.29, 0.717) is 5.75 Å². The summed E-state index contributed by atoms with van der Waals surface area (Å²) in [5.41, 5.74) is 0.262. The standard InChI is InChI=1S/C13H12Cl2O3/c1-3-5-17-12-10(14)7-9(8-11(12)15)13(16)18-6-4-2/h3-4,7-8H,1-2,5-6H2. The van der Waals surface area contributed by atoms with Crippen molar-refractivity contribution in [1.29, 1.82) is 0 Å². The molecule has 0 N–H and O–H groups in total. The van der Waals surface area contributed by atoms with Crippen LogP contribution in [0.4, 0.5) is 0 Å². The Balaban J connectivity index is 2.94. The van der Waals surface area contributed by atoms with Gasteiger partial charge in [-0.1, -0.05) is 48.5 Å². The molecule has 0 aliphatic heterocycles. The molecule has 0 aliphatic carbocycles. The van der Waals surface area contributed by atoms with Crippen molar-refractivity contribution in [2.45, 2.75) is 0 Å². The van der Waals surface area contributed by atoms with E-state index >= 15 is 0 Å². The average Bonchev–Trinajstić information content (AvgIpc) is 2.34. The van der Waals surface area contributed by atoms with Crippen molar-refractivity contribution >= 4 is 29.2 Å². The number of esters is 1. The van der Waals surface area contributed by atoms with Gasteiger partial charge in [-0.3, -0.25) is 0 Å². The van der Waals surface area contributed by atoms with Gasteiger partial charge in [0.1, 0.15) is 13.2 Å². The first kappa shape index (κ1) is 14.6. The van der Waals surface area contributed by atoms with Crippen molar-refractivity contribution in [3.05, 3.63) is 53.1 Å². The third-order valence-corrected chi connectivity index (χ3v) is 2.47. The Morgan fingerprint density at radius 1 is 1.17 bits per heavy atom. The van der Waals surface area contributed by atoms with Crippen LogP contribution in [-0.2, 0) is 4.74 Å². The zero-order chi connectivity index (χ0) is 13.5. The Bertz CT molecular complexity index is 446. The Kier molecular flexibility index (Phi) is 5.75. The van der Waals surface area contributed by atoms with E-state index in [1.54, 1.807) is 6.08 Å². The lowest BCUT2D eigenvalue weighted by atomic mass is 10.2. The van der Waals surface area contributed by atoms with Crippen LogP contribution in [0.3, 0.4) is 0 Å². The summed E-state index contributed by atoms with van der Waals surface area (Å²) in [5.74, 6) is -0.201. The van der Waals surface area contributed by atoms with Gasteiger partial charge in [-0.15, -0.1) is 0 Å². The fourth-order valence-corrected chi connectivity index (χ4v) is 1.77. The number of halogens is 2. The van der Waals surface area contributed by atoms with Crippen LogP contribution in [0.25, 0.3) is 0 Å². The second-order valence-corrected chi connectivity index (χ2v) is 4.07. The van der Waals surface area contributed by atoms with Crippen LogP contribution in [0, 0.1) is 0 Å². The van der Waals surface area contributed by atoms with Crippen molar-refractivity contribution in [3.63, 3.8) is 0 Å². The van der Waals surface area contributed by atoms with E-state index in [0.717, 1.165) is 0 Å². The quantitative estimate of drug-likeness (QED) is 0.588. The minimum absolute atomic E-state index is 0.128. The summed E-state index contributed by atoms with van der Waals surface area (Å²) in [6.07, 6.45) is 3.04. The van der Waals surface area contributed by atoms with E-state index in [2.05, 4.69) is 13.2 Å². The monoisotopic (exact) mass is 286 g/mol. The number of rotatable bonds is 6. The fourth-order valence-electron chi connectivity index (χ4n) is 1.18. The lowest BCUT2D eigenvalue weighted by Gasteiger charge is -2.10. The Morgan fingerprint density at radius 3 is 2.22 bits per heavy atom. The average molecular weight is 287 g/mol. The molecule has 0 spiro atoms. The third kappa shape index (κ3) is 3.79. The maximum atomic E-state index is 11.6. The lowest BCUT2D eigenvalue weighted by molar-refractivity contribution is 0.0549. The van der Waals surface area contributed by atoms with Crippen molar-refractivity contribution in [3.8, 4) is 5.75 Å².